The maximum Gasteiger partial charge on any atom is 0.0754 e. The van der Waals surface area contributed by atoms with E-state index in [9.17, 15) is 0 Å². The lowest BCUT2D eigenvalue weighted by Crippen LogP contribution is -2.46. The van der Waals surface area contributed by atoms with Crippen molar-refractivity contribution in [1.82, 2.24) is 5.32 Å². The van der Waals surface area contributed by atoms with Crippen LogP contribution in [0.1, 0.15) is 53.9 Å². The molecule has 0 aliphatic rings. The number of rotatable bonds is 7. The first kappa shape index (κ1) is 15.9. The van der Waals surface area contributed by atoms with Gasteiger partial charge < -0.3 is 10.1 Å². The molecule has 0 saturated heterocycles. The highest BCUT2D eigenvalue weighted by Crippen LogP contribution is 2.31. The summed E-state index contributed by atoms with van der Waals surface area (Å²) in [6.07, 6.45) is 4.02. The number of nitrogens with one attached hydrogen (secondary N) is 1. The Labute approximate surface area is 102 Å². The van der Waals surface area contributed by atoms with E-state index in [1.54, 1.807) is 0 Å². The van der Waals surface area contributed by atoms with Crippen LogP contribution in [0.4, 0.5) is 0 Å². The van der Waals surface area contributed by atoms with E-state index in [-0.39, 0.29) is 0 Å². The van der Waals surface area contributed by atoms with Gasteiger partial charge in [-0.15, -0.1) is 0 Å². The van der Waals surface area contributed by atoms with Crippen LogP contribution < -0.4 is 5.32 Å². The van der Waals surface area contributed by atoms with Crippen molar-refractivity contribution in [3.63, 3.8) is 0 Å². The molecule has 0 radical (unpaired) electrons. The Morgan fingerprint density at radius 3 is 2.12 bits per heavy atom. The van der Waals surface area contributed by atoms with E-state index in [0.29, 0.717) is 23.5 Å². The highest BCUT2D eigenvalue weighted by atomic mass is 16.5. The topological polar surface area (TPSA) is 21.3 Å². The Kier molecular flexibility index (Phi) is 7.25. The van der Waals surface area contributed by atoms with Crippen molar-refractivity contribution in [2.75, 3.05) is 14.2 Å². The van der Waals surface area contributed by atoms with E-state index < -0.39 is 0 Å². The second kappa shape index (κ2) is 7.29. The Bertz CT molecular complexity index is 174. The fourth-order valence-corrected chi connectivity index (χ4v) is 2.11. The molecule has 3 atom stereocenters. The summed E-state index contributed by atoms with van der Waals surface area (Å²) in [4.78, 5) is 0. The zero-order valence-corrected chi connectivity index (χ0v) is 12.3. The van der Waals surface area contributed by atoms with Crippen LogP contribution in [-0.4, -0.2) is 26.3 Å². The van der Waals surface area contributed by atoms with Gasteiger partial charge in [0.1, 0.15) is 0 Å². The summed E-state index contributed by atoms with van der Waals surface area (Å²) >= 11 is 0. The van der Waals surface area contributed by atoms with Crippen LogP contribution in [0.3, 0.4) is 0 Å². The van der Waals surface area contributed by atoms with Gasteiger partial charge in [-0.05, 0) is 24.8 Å². The molecule has 0 aromatic rings. The Morgan fingerprint density at radius 1 is 1.25 bits per heavy atom. The molecule has 0 bridgehead atoms. The molecule has 98 valence electrons. The SMILES string of the molecule is CCCCC(NC)[C@@H](OC)C(C)C(C)(C)C. The fourth-order valence-electron chi connectivity index (χ4n) is 2.11. The van der Waals surface area contributed by atoms with Crippen LogP contribution in [0.15, 0.2) is 0 Å². The molecule has 0 spiro atoms. The van der Waals surface area contributed by atoms with E-state index in [1.165, 1.54) is 19.3 Å². The zero-order chi connectivity index (χ0) is 12.8. The van der Waals surface area contributed by atoms with Gasteiger partial charge >= 0.3 is 0 Å². The minimum absolute atomic E-state index is 0.294. The highest BCUT2D eigenvalue weighted by Gasteiger charge is 2.32. The van der Waals surface area contributed by atoms with E-state index in [1.807, 2.05) is 14.2 Å². The van der Waals surface area contributed by atoms with Crippen molar-refractivity contribution in [3.05, 3.63) is 0 Å². The lowest BCUT2D eigenvalue weighted by molar-refractivity contribution is -0.0120. The predicted molar refractivity (Wildman–Crippen MR) is 71.8 cm³/mol. The molecular formula is C14H31NO. The molecule has 2 heteroatoms. The van der Waals surface area contributed by atoms with Crippen molar-refractivity contribution >= 4 is 0 Å². The molecule has 0 saturated carbocycles. The molecular weight excluding hydrogens is 198 g/mol. The number of hydrogen-bond donors (Lipinski definition) is 1. The van der Waals surface area contributed by atoms with E-state index in [0.717, 1.165) is 0 Å². The van der Waals surface area contributed by atoms with Crippen molar-refractivity contribution < 1.29 is 4.74 Å². The number of hydrogen-bond acceptors (Lipinski definition) is 2. The van der Waals surface area contributed by atoms with Gasteiger partial charge in [-0.2, -0.15) is 0 Å². The third-order valence-electron chi connectivity index (χ3n) is 3.77. The summed E-state index contributed by atoms with van der Waals surface area (Å²) in [5.41, 5.74) is 0.294. The standard InChI is InChI=1S/C14H31NO/c1-8-9-10-12(15-6)13(16-7)11(2)14(3,4)5/h11-13,15H,8-10H2,1-7H3/t11?,12?,13-/m0/s1. The average molecular weight is 229 g/mol. The van der Waals surface area contributed by atoms with Crippen LogP contribution in [0.25, 0.3) is 0 Å². The van der Waals surface area contributed by atoms with Crippen molar-refractivity contribution in [2.45, 2.75) is 66.0 Å². The van der Waals surface area contributed by atoms with E-state index >= 15 is 0 Å². The van der Waals surface area contributed by atoms with Gasteiger partial charge in [0, 0.05) is 13.2 Å². The Balaban J connectivity index is 4.54. The maximum absolute atomic E-state index is 5.73. The van der Waals surface area contributed by atoms with Gasteiger partial charge in [0.2, 0.25) is 0 Å². The number of likely N-dealkylation sites (N-methyl/N-ethyl adjacent to an activating group) is 1. The molecule has 0 aliphatic carbocycles. The average Bonchev–Trinajstić information content (AvgIpc) is 2.22. The first-order chi connectivity index (χ1) is 7.38. The Hall–Kier alpha value is -0.0800. The van der Waals surface area contributed by atoms with Crippen molar-refractivity contribution in [3.8, 4) is 0 Å². The third-order valence-corrected chi connectivity index (χ3v) is 3.77. The first-order valence-electron chi connectivity index (χ1n) is 6.58. The summed E-state index contributed by atoms with van der Waals surface area (Å²) in [5.74, 6) is 0.548. The smallest absolute Gasteiger partial charge is 0.0754 e. The highest BCUT2D eigenvalue weighted by molar-refractivity contribution is 4.85. The minimum atomic E-state index is 0.294. The van der Waals surface area contributed by atoms with E-state index in [4.69, 9.17) is 4.74 Å². The summed E-state index contributed by atoms with van der Waals surface area (Å²) in [7, 11) is 3.88. The predicted octanol–water partition coefficient (Wildman–Crippen LogP) is 3.46. The third kappa shape index (κ3) is 4.84. The summed E-state index contributed by atoms with van der Waals surface area (Å²) in [6, 6.07) is 0.471. The van der Waals surface area contributed by atoms with E-state index in [2.05, 4.69) is 39.9 Å². The zero-order valence-electron chi connectivity index (χ0n) is 12.3. The first-order valence-corrected chi connectivity index (χ1v) is 6.58. The van der Waals surface area contributed by atoms with Crippen LogP contribution in [0.5, 0.6) is 0 Å². The second-order valence-electron chi connectivity index (χ2n) is 5.89. The van der Waals surface area contributed by atoms with Gasteiger partial charge in [-0.25, -0.2) is 0 Å². The van der Waals surface area contributed by atoms with Gasteiger partial charge in [-0.3, -0.25) is 0 Å². The summed E-state index contributed by atoms with van der Waals surface area (Å²) < 4.78 is 5.73. The molecule has 0 fully saturated rings. The minimum Gasteiger partial charge on any atom is -0.380 e. The quantitative estimate of drug-likeness (QED) is 0.722. The van der Waals surface area contributed by atoms with Gasteiger partial charge in [0.05, 0.1) is 6.10 Å². The number of methoxy groups -OCH3 is 1. The molecule has 16 heavy (non-hydrogen) atoms. The van der Waals surface area contributed by atoms with Gasteiger partial charge in [0.25, 0.3) is 0 Å². The monoisotopic (exact) mass is 229 g/mol. The summed E-state index contributed by atoms with van der Waals surface area (Å²) in [5, 5.41) is 3.42. The van der Waals surface area contributed by atoms with Gasteiger partial charge in [0.15, 0.2) is 0 Å². The number of ether oxygens (including phenoxy) is 1. The van der Waals surface area contributed by atoms with Crippen LogP contribution >= 0.6 is 0 Å². The molecule has 0 aromatic carbocycles. The molecule has 0 aliphatic heterocycles. The molecule has 0 heterocycles. The molecule has 1 N–H and O–H groups in total. The lowest BCUT2D eigenvalue weighted by atomic mass is 9.76. The molecule has 2 unspecified atom stereocenters. The lowest BCUT2D eigenvalue weighted by Gasteiger charge is -2.38. The molecule has 0 rings (SSSR count). The second-order valence-corrected chi connectivity index (χ2v) is 5.89. The fraction of sp³-hybridized carbons (Fsp3) is 1.00. The normalized spacial score (nSPS) is 18.2. The summed E-state index contributed by atoms with van der Waals surface area (Å²) in [6.45, 7) is 11.4. The van der Waals surface area contributed by atoms with Crippen molar-refractivity contribution in [1.29, 1.82) is 0 Å². The largest absolute Gasteiger partial charge is 0.380 e. The van der Waals surface area contributed by atoms with Crippen LogP contribution in [0, 0.1) is 11.3 Å². The Morgan fingerprint density at radius 2 is 1.81 bits per heavy atom. The molecule has 2 nitrogen and oxygen atoms in total. The molecule has 0 amide bonds. The van der Waals surface area contributed by atoms with Crippen molar-refractivity contribution in [2.24, 2.45) is 11.3 Å². The van der Waals surface area contributed by atoms with Gasteiger partial charge in [-0.1, -0.05) is 47.5 Å². The maximum atomic E-state index is 5.73. The van der Waals surface area contributed by atoms with Crippen LogP contribution in [0.2, 0.25) is 0 Å². The molecule has 0 aromatic heterocycles. The number of unbranched alkanes of at least 4 members (excludes halogenated alkanes) is 1. The van der Waals surface area contributed by atoms with Crippen LogP contribution in [-0.2, 0) is 4.74 Å².